The number of para-hydroxylation sites is 1. The zero-order valence-electron chi connectivity index (χ0n) is 10.4. The Morgan fingerprint density at radius 3 is 2.90 bits per heavy atom. The highest BCUT2D eigenvalue weighted by Crippen LogP contribution is 2.28. The smallest absolute Gasteiger partial charge is 0.300 e. The minimum atomic E-state index is -0.688. The summed E-state index contributed by atoms with van der Waals surface area (Å²) in [5.74, 6) is 0.318. The predicted octanol–water partition coefficient (Wildman–Crippen LogP) is 2.47. The number of nitrogens with one attached hydrogen (secondary N) is 1. The summed E-state index contributed by atoms with van der Waals surface area (Å²) in [6, 6.07) is 4.16. The van der Waals surface area contributed by atoms with Crippen molar-refractivity contribution in [1.29, 1.82) is 0 Å². The number of benzene rings is 1. The highest BCUT2D eigenvalue weighted by Gasteiger charge is 2.23. The molecule has 2 rings (SSSR count). The van der Waals surface area contributed by atoms with Crippen LogP contribution in [0.1, 0.15) is 22.0 Å². The van der Waals surface area contributed by atoms with Crippen molar-refractivity contribution >= 4 is 23.2 Å². The number of rotatable bonds is 4. The summed E-state index contributed by atoms with van der Waals surface area (Å²) in [4.78, 5) is 26.1. The van der Waals surface area contributed by atoms with Crippen molar-refractivity contribution in [1.82, 2.24) is 10.3 Å². The molecule has 7 nitrogen and oxygen atoms in total. The quantitative estimate of drug-likeness (QED) is 0.690. The number of amides is 1. The molecular weight excluding hydrogens is 286 g/mol. The van der Waals surface area contributed by atoms with E-state index in [1.807, 2.05) is 0 Å². The number of nitrogens with zero attached hydrogens (tertiary/aromatic N) is 2. The molecule has 0 unspecified atom stereocenters. The SMILES string of the molecule is Cc1cnc(CNC(=O)c2cccc(Cl)c2[N+](=O)[O-])o1. The zero-order valence-corrected chi connectivity index (χ0v) is 11.2. The van der Waals surface area contributed by atoms with Gasteiger partial charge < -0.3 is 9.73 Å². The second-order valence-corrected chi connectivity index (χ2v) is 4.35. The number of nitro groups is 1. The van der Waals surface area contributed by atoms with Gasteiger partial charge in [0.25, 0.3) is 5.91 Å². The summed E-state index contributed by atoms with van der Waals surface area (Å²) < 4.78 is 5.19. The van der Waals surface area contributed by atoms with E-state index in [0.717, 1.165) is 0 Å². The second-order valence-electron chi connectivity index (χ2n) is 3.94. The first-order valence-corrected chi connectivity index (χ1v) is 5.99. The molecule has 1 heterocycles. The van der Waals surface area contributed by atoms with E-state index in [1.54, 1.807) is 6.92 Å². The molecule has 0 bridgehead atoms. The molecule has 104 valence electrons. The van der Waals surface area contributed by atoms with Gasteiger partial charge in [0.15, 0.2) is 0 Å². The number of carbonyl (C=O) groups is 1. The van der Waals surface area contributed by atoms with Gasteiger partial charge in [-0.25, -0.2) is 4.98 Å². The first kappa shape index (κ1) is 14.0. The molecular formula is C12H10ClN3O4. The number of oxazole rings is 1. The Morgan fingerprint density at radius 1 is 1.55 bits per heavy atom. The molecule has 1 aromatic heterocycles. The molecule has 0 fully saturated rings. The molecule has 1 aromatic carbocycles. The third-order valence-corrected chi connectivity index (χ3v) is 2.79. The summed E-state index contributed by atoms with van der Waals surface area (Å²) in [6.45, 7) is 1.76. The molecule has 0 saturated heterocycles. The van der Waals surface area contributed by atoms with Crippen molar-refractivity contribution < 1.29 is 14.1 Å². The maximum absolute atomic E-state index is 12.0. The van der Waals surface area contributed by atoms with Crippen molar-refractivity contribution in [2.45, 2.75) is 13.5 Å². The summed E-state index contributed by atoms with van der Waals surface area (Å²) in [5.41, 5.74) is -0.527. The van der Waals surface area contributed by atoms with Crippen LogP contribution in [0.2, 0.25) is 5.02 Å². The average Bonchev–Trinajstić information content (AvgIpc) is 2.81. The van der Waals surface area contributed by atoms with Gasteiger partial charge in [-0.05, 0) is 19.1 Å². The molecule has 0 aliphatic carbocycles. The predicted molar refractivity (Wildman–Crippen MR) is 70.5 cm³/mol. The Balaban J connectivity index is 2.17. The normalized spacial score (nSPS) is 10.3. The maximum atomic E-state index is 12.0. The summed E-state index contributed by atoms with van der Waals surface area (Å²) in [5, 5.41) is 13.3. The molecule has 0 aliphatic rings. The first-order valence-electron chi connectivity index (χ1n) is 5.61. The van der Waals surface area contributed by atoms with E-state index in [9.17, 15) is 14.9 Å². The van der Waals surface area contributed by atoms with Crippen LogP contribution >= 0.6 is 11.6 Å². The monoisotopic (exact) mass is 295 g/mol. The van der Waals surface area contributed by atoms with E-state index in [0.29, 0.717) is 11.7 Å². The number of carbonyl (C=O) groups excluding carboxylic acids is 1. The molecule has 2 aromatic rings. The number of halogens is 1. The molecule has 1 N–H and O–H groups in total. The Morgan fingerprint density at radius 2 is 2.30 bits per heavy atom. The minimum Gasteiger partial charge on any atom is -0.444 e. The molecule has 1 amide bonds. The van der Waals surface area contributed by atoms with Gasteiger partial charge in [0, 0.05) is 0 Å². The molecule has 0 radical (unpaired) electrons. The largest absolute Gasteiger partial charge is 0.444 e. The lowest BCUT2D eigenvalue weighted by molar-refractivity contribution is -0.385. The van der Waals surface area contributed by atoms with Gasteiger partial charge in [0.2, 0.25) is 5.89 Å². The second kappa shape index (κ2) is 5.70. The number of hydrogen-bond acceptors (Lipinski definition) is 5. The Kier molecular flexibility index (Phi) is 3.99. The lowest BCUT2D eigenvalue weighted by Crippen LogP contribution is -2.23. The van der Waals surface area contributed by atoms with Gasteiger partial charge in [0.1, 0.15) is 16.3 Å². The van der Waals surface area contributed by atoms with Gasteiger partial charge in [-0.3, -0.25) is 14.9 Å². The summed E-state index contributed by atoms with van der Waals surface area (Å²) in [6.07, 6.45) is 1.52. The van der Waals surface area contributed by atoms with Crippen LogP contribution in [0.5, 0.6) is 0 Å². The lowest BCUT2D eigenvalue weighted by Gasteiger charge is -2.04. The van der Waals surface area contributed by atoms with Crippen LogP contribution in [0.4, 0.5) is 5.69 Å². The molecule has 0 atom stereocenters. The summed E-state index contributed by atoms with van der Waals surface area (Å²) in [7, 11) is 0. The fraction of sp³-hybridized carbons (Fsp3) is 0.167. The van der Waals surface area contributed by atoms with Crippen LogP contribution < -0.4 is 5.32 Å². The molecule has 0 spiro atoms. The van der Waals surface area contributed by atoms with Gasteiger partial charge in [0.05, 0.1) is 17.7 Å². The van der Waals surface area contributed by atoms with Crippen LogP contribution in [0.15, 0.2) is 28.8 Å². The van der Waals surface area contributed by atoms with Crippen LogP contribution in [0.25, 0.3) is 0 Å². The average molecular weight is 296 g/mol. The number of nitro benzene ring substituents is 1. The van der Waals surface area contributed by atoms with Crippen LogP contribution in [-0.4, -0.2) is 15.8 Å². The number of hydrogen-bond donors (Lipinski definition) is 1. The lowest BCUT2D eigenvalue weighted by atomic mass is 10.1. The van der Waals surface area contributed by atoms with Crippen LogP contribution in [0.3, 0.4) is 0 Å². The van der Waals surface area contributed by atoms with Gasteiger partial charge in [-0.1, -0.05) is 17.7 Å². The molecule has 8 heteroatoms. The van der Waals surface area contributed by atoms with Gasteiger partial charge in [-0.15, -0.1) is 0 Å². The van der Waals surface area contributed by atoms with Crippen LogP contribution in [0, 0.1) is 17.0 Å². The van der Waals surface area contributed by atoms with E-state index in [-0.39, 0.29) is 17.1 Å². The highest BCUT2D eigenvalue weighted by molar-refractivity contribution is 6.33. The Hall–Kier alpha value is -2.41. The van der Waals surface area contributed by atoms with E-state index in [4.69, 9.17) is 16.0 Å². The first-order chi connectivity index (χ1) is 9.49. The third-order valence-electron chi connectivity index (χ3n) is 2.48. The Bertz CT molecular complexity index is 668. The van der Waals surface area contributed by atoms with Crippen LogP contribution in [-0.2, 0) is 6.54 Å². The fourth-order valence-electron chi connectivity index (χ4n) is 1.62. The maximum Gasteiger partial charge on any atom is 0.300 e. The van der Waals surface area contributed by atoms with Crippen molar-refractivity contribution in [3.63, 3.8) is 0 Å². The van der Waals surface area contributed by atoms with Crippen molar-refractivity contribution in [2.75, 3.05) is 0 Å². The van der Waals surface area contributed by atoms with E-state index >= 15 is 0 Å². The summed E-state index contributed by atoms with van der Waals surface area (Å²) >= 11 is 5.74. The third kappa shape index (κ3) is 2.94. The zero-order chi connectivity index (χ0) is 14.7. The molecule has 0 aliphatic heterocycles. The standard InChI is InChI=1S/C12H10ClN3O4/c1-7-5-14-10(20-7)6-15-12(17)8-3-2-4-9(13)11(8)16(18)19/h2-5H,6H2,1H3,(H,15,17). The number of aromatic nitrogens is 1. The minimum absolute atomic E-state index is 0.0380. The fourth-order valence-corrected chi connectivity index (χ4v) is 1.86. The number of aryl methyl sites for hydroxylation is 1. The van der Waals surface area contributed by atoms with Gasteiger partial charge >= 0.3 is 5.69 Å². The van der Waals surface area contributed by atoms with Crippen molar-refractivity contribution in [3.05, 3.63) is 56.7 Å². The van der Waals surface area contributed by atoms with E-state index < -0.39 is 16.5 Å². The van der Waals surface area contributed by atoms with Crippen molar-refractivity contribution in [3.8, 4) is 0 Å². The van der Waals surface area contributed by atoms with Gasteiger partial charge in [-0.2, -0.15) is 0 Å². The Labute approximate surface area is 118 Å². The molecule has 20 heavy (non-hydrogen) atoms. The highest BCUT2D eigenvalue weighted by atomic mass is 35.5. The topological polar surface area (TPSA) is 98.3 Å². The van der Waals surface area contributed by atoms with Crippen molar-refractivity contribution in [2.24, 2.45) is 0 Å². The van der Waals surface area contributed by atoms with E-state index in [2.05, 4.69) is 10.3 Å². The van der Waals surface area contributed by atoms with E-state index in [1.165, 1.54) is 24.4 Å². The molecule has 0 saturated carbocycles.